The average Bonchev–Trinajstić information content (AvgIpc) is 3.21. The number of carbonyl (C=O) groups excluding carboxylic acids is 2. The van der Waals surface area contributed by atoms with E-state index in [-0.39, 0.29) is 18.5 Å². The molecule has 0 aromatic carbocycles. The normalized spacial score (nSPS) is 13.0. The largest absolute Gasteiger partial charge is 0.466 e. The molecule has 0 rings (SSSR count). The van der Waals surface area contributed by atoms with Crippen molar-refractivity contribution >= 4 is 11.9 Å². The van der Waals surface area contributed by atoms with Gasteiger partial charge in [-0.1, -0.05) is 198 Å². The molecule has 3 N–H and O–H groups in total. The van der Waals surface area contributed by atoms with E-state index in [2.05, 4.69) is 43.5 Å². The Balaban J connectivity index is 3.56. The van der Waals surface area contributed by atoms with Crippen LogP contribution in [0.1, 0.15) is 251 Å². The van der Waals surface area contributed by atoms with Crippen LogP contribution in [-0.2, 0) is 14.3 Å². The Bertz CT molecular complexity index is 931. The SMILES string of the molecule is CCCCCCCCC/C=C\CCCCCCCCCC(=O)OCCCCCC/C=C\CCCC(=O)NC(CO)C(O)/C=C/CCCCCCCCCCCCC. The fourth-order valence-electron chi connectivity index (χ4n) is 7.28. The molecule has 0 fully saturated rings. The molecule has 0 aliphatic rings. The van der Waals surface area contributed by atoms with E-state index in [4.69, 9.17) is 4.74 Å². The van der Waals surface area contributed by atoms with Crippen molar-refractivity contribution in [2.75, 3.05) is 13.2 Å². The van der Waals surface area contributed by atoms with Crippen molar-refractivity contribution in [1.29, 1.82) is 0 Å². The predicted octanol–water partition coefficient (Wildman–Crippen LogP) is 14.5. The zero-order chi connectivity index (χ0) is 41.5. The number of aliphatic hydroxyl groups is 2. The third kappa shape index (κ3) is 43.5. The van der Waals surface area contributed by atoms with Gasteiger partial charge in [-0.25, -0.2) is 0 Å². The molecule has 6 nitrogen and oxygen atoms in total. The van der Waals surface area contributed by atoms with Gasteiger partial charge in [-0.3, -0.25) is 9.59 Å². The maximum absolute atomic E-state index is 12.4. The molecular formula is C51H95NO5. The second-order valence-corrected chi connectivity index (χ2v) is 16.8. The Hall–Kier alpha value is -1.92. The number of nitrogens with one attached hydrogen (secondary N) is 1. The molecular weight excluding hydrogens is 707 g/mol. The molecule has 0 aromatic rings. The second kappa shape index (κ2) is 46.8. The highest BCUT2D eigenvalue weighted by molar-refractivity contribution is 5.76. The summed E-state index contributed by atoms with van der Waals surface area (Å²) in [6.45, 7) is 4.79. The Morgan fingerprint density at radius 3 is 1.28 bits per heavy atom. The molecule has 1 amide bonds. The molecule has 0 aliphatic carbocycles. The fraction of sp³-hybridized carbons (Fsp3) is 0.843. The lowest BCUT2D eigenvalue weighted by Gasteiger charge is -2.19. The van der Waals surface area contributed by atoms with Crippen LogP contribution in [0, 0.1) is 0 Å². The maximum Gasteiger partial charge on any atom is 0.305 e. The molecule has 334 valence electrons. The minimum atomic E-state index is -0.875. The van der Waals surface area contributed by atoms with Crippen LogP contribution in [-0.4, -0.2) is 47.4 Å². The molecule has 57 heavy (non-hydrogen) atoms. The van der Waals surface area contributed by atoms with Crippen LogP contribution in [0.15, 0.2) is 36.5 Å². The fourth-order valence-corrected chi connectivity index (χ4v) is 7.28. The van der Waals surface area contributed by atoms with Crippen molar-refractivity contribution in [2.45, 2.75) is 264 Å². The van der Waals surface area contributed by atoms with Crippen LogP contribution in [0.25, 0.3) is 0 Å². The molecule has 0 saturated heterocycles. The zero-order valence-electron chi connectivity index (χ0n) is 37.8. The highest BCUT2D eigenvalue weighted by Crippen LogP contribution is 2.14. The molecule has 0 aliphatic heterocycles. The number of hydrogen-bond donors (Lipinski definition) is 3. The van der Waals surface area contributed by atoms with Gasteiger partial charge in [0, 0.05) is 12.8 Å². The van der Waals surface area contributed by atoms with E-state index in [1.807, 2.05) is 6.08 Å². The highest BCUT2D eigenvalue weighted by atomic mass is 16.5. The second-order valence-electron chi connectivity index (χ2n) is 16.8. The number of hydrogen-bond acceptors (Lipinski definition) is 5. The molecule has 0 radical (unpaired) electrons. The van der Waals surface area contributed by atoms with Crippen LogP contribution in [0.5, 0.6) is 0 Å². The quantitative estimate of drug-likeness (QED) is 0.0324. The smallest absolute Gasteiger partial charge is 0.305 e. The summed E-state index contributed by atoms with van der Waals surface area (Å²) in [6.07, 6.45) is 55.7. The van der Waals surface area contributed by atoms with Gasteiger partial charge >= 0.3 is 5.97 Å². The van der Waals surface area contributed by atoms with Gasteiger partial charge in [0.2, 0.25) is 5.91 Å². The lowest BCUT2D eigenvalue weighted by atomic mass is 10.0. The summed E-state index contributed by atoms with van der Waals surface area (Å²) in [5, 5.41) is 22.9. The van der Waals surface area contributed by atoms with Gasteiger partial charge in [-0.2, -0.15) is 0 Å². The van der Waals surface area contributed by atoms with Crippen molar-refractivity contribution in [3.05, 3.63) is 36.5 Å². The van der Waals surface area contributed by atoms with E-state index < -0.39 is 12.1 Å². The lowest BCUT2D eigenvalue weighted by Crippen LogP contribution is -2.45. The summed E-state index contributed by atoms with van der Waals surface area (Å²) < 4.78 is 5.44. The molecule has 6 heteroatoms. The predicted molar refractivity (Wildman–Crippen MR) is 246 cm³/mol. The van der Waals surface area contributed by atoms with E-state index in [0.29, 0.717) is 19.4 Å². The third-order valence-corrected chi connectivity index (χ3v) is 11.1. The number of carbonyl (C=O) groups is 2. The molecule has 0 aromatic heterocycles. The first-order valence-corrected chi connectivity index (χ1v) is 24.8. The van der Waals surface area contributed by atoms with Crippen LogP contribution in [0.3, 0.4) is 0 Å². The van der Waals surface area contributed by atoms with Crippen molar-refractivity contribution in [3.8, 4) is 0 Å². The molecule has 0 heterocycles. The third-order valence-electron chi connectivity index (χ3n) is 11.1. The summed E-state index contributed by atoms with van der Waals surface area (Å²) >= 11 is 0. The Morgan fingerprint density at radius 1 is 0.474 bits per heavy atom. The number of unbranched alkanes of at least 4 members (excludes halogenated alkanes) is 30. The van der Waals surface area contributed by atoms with Gasteiger partial charge in [-0.05, 0) is 77.0 Å². The summed E-state index contributed by atoms with van der Waals surface area (Å²) in [5.41, 5.74) is 0. The van der Waals surface area contributed by atoms with Crippen molar-refractivity contribution in [1.82, 2.24) is 5.32 Å². The molecule has 2 unspecified atom stereocenters. The van der Waals surface area contributed by atoms with Crippen molar-refractivity contribution in [3.63, 3.8) is 0 Å². The standard InChI is InChI=1S/C51H95NO5/c1-3-5-7-9-11-13-15-17-18-19-20-21-23-25-29-33-37-41-45-51(56)57-46-42-38-34-30-26-28-32-36-40-44-50(55)52-48(47-53)49(54)43-39-35-31-27-24-22-16-14-12-10-8-6-4-2/h18-19,28,32,39,43,48-49,53-54H,3-17,20-27,29-31,33-38,40-42,44-47H2,1-2H3,(H,52,55)/b19-18-,32-28-,43-39+. The first-order valence-electron chi connectivity index (χ1n) is 24.8. The molecule has 0 bridgehead atoms. The molecule has 0 saturated carbocycles. The van der Waals surface area contributed by atoms with E-state index in [1.54, 1.807) is 6.08 Å². The Labute approximate surface area is 353 Å². The molecule has 0 spiro atoms. The topological polar surface area (TPSA) is 95.9 Å². The minimum Gasteiger partial charge on any atom is -0.466 e. The van der Waals surface area contributed by atoms with E-state index >= 15 is 0 Å². The van der Waals surface area contributed by atoms with Crippen LogP contribution >= 0.6 is 0 Å². The van der Waals surface area contributed by atoms with Crippen LogP contribution in [0.4, 0.5) is 0 Å². The van der Waals surface area contributed by atoms with E-state index in [1.165, 1.54) is 154 Å². The van der Waals surface area contributed by atoms with Gasteiger partial charge in [0.1, 0.15) is 0 Å². The van der Waals surface area contributed by atoms with Gasteiger partial charge in [-0.15, -0.1) is 0 Å². The van der Waals surface area contributed by atoms with Gasteiger partial charge in [0.25, 0.3) is 0 Å². The number of allylic oxidation sites excluding steroid dienone is 5. The summed E-state index contributed by atoms with van der Waals surface area (Å²) in [7, 11) is 0. The average molecular weight is 802 g/mol. The summed E-state index contributed by atoms with van der Waals surface area (Å²) in [6, 6.07) is -0.665. The number of esters is 1. The monoisotopic (exact) mass is 802 g/mol. The summed E-state index contributed by atoms with van der Waals surface area (Å²) in [4.78, 5) is 24.4. The maximum atomic E-state index is 12.4. The first-order chi connectivity index (χ1) is 28.0. The Kier molecular flexibility index (Phi) is 45.2. The van der Waals surface area contributed by atoms with Crippen molar-refractivity contribution in [2.24, 2.45) is 0 Å². The Morgan fingerprint density at radius 2 is 0.842 bits per heavy atom. The zero-order valence-corrected chi connectivity index (χ0v) is 37.8. The number of rotatable bonds is 45. The van der Waals surface area contributed by atoms with E-state index in [0.717, 1.165) is 70.6 Å². The highest BCUT2D eigenvalue weighted by Gasteiger charge is 2.17. The minimum absolute atomic E-state index is 0.0418. The molecule has 2 atom stereocenters. The van der Waals surface area contributed by atoms with Crippen LogP contribution < -0.4 is 5.32 Å². The van der Waals surface area contributed by atoms with Gasteiger partial charge in [0.05, 0.1) is 25.4 Å². The van der Waals surface area contributed by atoms with E-state index in [9.17, 15) is 19.8 Å². The van der Waals surface area contributed by atoms with Gasteiger partial charge < -0.3 is 20.3 Å². The summed E-state index contributed by atoms with van der Waals surface area (Å²) in [5.74, 6) is -0.172. The first kappa shape index (κ1) is 55.1. The number of ether oxygens (including phenoxy) is 1. The van der Waals surface area contributed by atoms with Crippen LogP contribution in [0.2, 0.25) is 0 Å². The number of amides is 1. The van der Waals surface area contributed by atoms with Crippen molar-refractivity contribution < 1.29 is 24.5 Å². The number of aliphatic hydroxyl groups excluding tert-OH is 2. The lowest BCUT2D eigenvalue weighted by molar-refractivity contribution is -0.143. The van der Waals surface area contributed by atoms with Gasteiger partial charge in [0.15, 0.2) is 0 Å².